The molecule has 1 aliphatic heterocycles. The highest BCUT2D eigenvalue weighted by molar-refractivity contribution is 5.42. The summed E-state index contributed by atoms with van der Waals surface area (Å²) in [6.07, 6.45) is -1.35. The molecule has 234 valence electrons. The Balaban J connectivity index is 1.19. The second kappa shape index (κ2) is 11.1. The van der Waals surface area contributed by atoms with Gasteiger partial charge in [-0.05, 0) is 61.5 Å². The van der Waals surface area contributed by atoms with Gasteiger partial charge in [0.1, 0.15) is 35.6 Å². The normalized spacial score (nSPS) is 17.1. The van der Waals surface area contributed by atoms with Crippen molar-refractivity contribution in [1.82, 2.24) is 28.7 Å². The Morgan fingerprint density at radius 2 is 1.47 bits per heavy atom. The van der Waals surface area contributed by atoms with E-state index < -0.39 is 53.6 Å². The minimum Gasteiger partial charge on any atom is -0.487 e. The lowest BCUT2D eigenvalue weighted by atomic mass is 9.92. The van der Waals surface area contributed by atoms with E-state index in [1.807, 2.05) is 0 Å². The Labute approximate surface area is 249 Å². The van der Waals surface area contributed by atoms with Gasteiger partial charge in [-0.1, -0.05) is 6.07 Å². The third-order valence-corrected chi connectivity index (χ3v) is 7.49. The van der Waals surface area contributed by atoms with Crippen LogP contribution >= 0.6 is 0 Å². The molecule has 3 heterocycles. The van der Waals surface area contributed by atoms with Gasteiger partial charge in [-0.25, -0.2) is 41.0 Å². The maximum atomic E-state index is 14.5. The minimum absolute atomic E-state index is 0.0921. The van der Waals surface area contributed by atoms with Crippen molar-refractivity contribution >= 4 is 0 Å². The Morgan fingerprint density at radius 3 is 2.07 bits per heavy atom. The van der Waals surface area contributed by atoms with E-state index in [4.69, 9.17) is 9.47 Å². The van der Waals surface area contributed by atoms with Crippen LogP contribution in [0.15, 0.2) is 89.0 Å². The van der Waals surface area contributed by atoms with Gasteiger partial charge in [0, 0.05) is 11.6 Å². The lowest BCUT2D eigenvalue weighted by Crippen LogP contribution is -2.34. The van der Waals surface area contributed by atoms with Gasteiger partial charge in [0.25, 0.3) is 0 Å². The molecule has 0 spiro atoms. The summed E-state index contributed by atoms with van der Waals surface area (Å²) >= 11 is 0. The smallest absolute Gasteiger partial charge is 0.355 e. The summed E-state index contributed by atoms with van der Waals surface area (Å²) in [4.78, 5) is 26.3. The number of epoxide rings is 1. The maximum absolute atomic E-state index is 14.5. The van der Waals surface area contributed by atoms with Crippen molar-refractivity contribution in [1.29, 1.82) is 0 Å². The molecule has 16 heteroatoms. The number of alkyl halides is 4. The quantitative estimate of drug-likeness (QED) is 0.167. The number of ether oxygens (including phenoxy) is 2. The van der Waals surface area contributed by atoms with Gasteiger partial charge in [0.15, 0.2) is 6.61 Å². The van der Waals surface area contributed by atoms with E-state index in [9.17, 15) is 35.9 Å². The largest absolute Gasteiger partial charge is 0.487 e. The second-order valence-corrected chi connectivity index (χ2v) is 10.3. The Hall–Kier alpha value is -5.12. The number of halogens is 6. The Morgan fingerprint density at radius 1 is 0.889 bits per heavy atom. The number of aromatic nitrogens is 6. The molecule has 0 amide bonds. The molecule has 3 aromatic carbocycles. The van der Waals surface area contributed by atoms with Crippen molar-refractivity contribution in [2.75, 3.05) is 13.2 Å². The Bertz CT molecular complexity index is 1960. The first-order valence-electron chi connectivity index (χ1n) is 13.3. The van der Waals surface area contributed by atoms with E-state index in [0.717, 1.165) is 21.5 Å². The van der Waals surface area contributed by atoms with Crippen LogP contribution in [0.25, 0.3) is 17.1 Å². The number of nitrogens with zero attached hydrogens (tertiary/aromatic N) is 6. The lowest BCUT2D eigenvalue weighted by molar-refractivity contribution is -0.148. The highest BCUT2D eigenvalue weighted by atomic mass is 19.3. The van der Waals surface area contributed by atoms with E-state index in [2.05, 4.69) is 10.2 Å². The van der Waals surface area contributed by atoms with E-state index in [0.29, 0.717) is 17.1 Å². The highest BCUT2D eigenvalue weighted by Crippen LogP contribution is 2.48. The number of benzene rings is 3. The molecular formula is C29H22F6N6O4. The SMILES string of the molecule is C[C@@H](n1ncn(-c2ccc(-n3ncn(-c4ccc(OCC(F)(F)C(F)F)cc4)c3=O)cc2)c1=O)[C@]1(c2ccc(F)cc2F)CO1. The van der Waals surface area contributed by atoms with Crippen LogP contribution in [0.4, 0.5) is 26.3 Å². The topological polar surface area (TPSA) is 101 Å². The first kappa shape index (κ1) is 29.9. The predicted molar refractivity (Wildman–Crippen MR) is 146 cm³/mol. The molecule has 1 fully saturated rings. The minimum atomic E-state index is -4.31. The number of hydrogen-bond acceptors (Lipinski definition) is 6. The molecule has 0 radical (unpaired) electrons. The molecule has 0 bridgehead atoms. The lowest BCUT2D eigenvalue weighted by Gasteiger charge is -2.20. The van der Waals surface area contributed by atoms with E-state index in [1.165, 1.54) is 52.1 Å². The molecular weight excluding hydrogens is 610 g/mol. The zero-order valence-electron chi connectivity index (χ0n) is 23.2. The molecule has 6 rings (SSSR count). The van der Waals surface area contributed by atoms with Gasteiger partial charge in [-0.15, -0.1) is 0 Å². The van der Waals surface area contributed by atoms with E-state index >= 15 is 0 Å². The summed E-state index contributed by atoms with van der Waals surface area (Å²) in [5, 5.41) is 8.28. The van der Waals surface area contributed by atoms with Crippen molar-refractivity contribution in [3.8, 4) is 22.8 Å². The van der Waals surface area contributed by atoms with Gasteiger partial charge < -0.3 is 9.47 Å². The van der Waals surface area contributed by atoms with Crippen molar-refractivity contribution in [3.05, 3.63) is 118 Å². The average Bonchev–Trinajstić information content (AvgIpc) is 3.60. The maximum Gasteiger partial charge on any atom is 0.355 e. The second-order valence-electron chi connectivity index (χ2n) is 10.3. The molecule has 0 saturated carbocycles. The van der Waals surface area contributed by atoms with Crippen LogP contribution < -0.4 is 16.1 Å². The summed E-state index contributed by atoms with van der Waals surface area (Å²) in [6, 6.07) is 13.9. The summed E-state index contributed by atoms with van der Waals surface area (Å²) < 4.78 is 93.8. The summed E-state index contributed by atoms with van der Waals surface area (Å²) in [5.41, 5.74) is -1.13. The molecule has 0 N–H and O–H groups in total. The molecule has 0 unspecified atom stereocenters. The van der Waals surface area contributed by atoms with Gasteiger partial charge >= 0.3 is 23.7 Å². The fourth-order valence-corrected chi connectivity index (χ4v) is 4.85. The number of rotatable bonds is 10. The third kappa shape index (κ3) is 5.41. The van der Waals surface area contributed by atoms with Gasteiger partial charge in [-0.2, -0.15) is 23.7 Å². The van der Waals surface area contributed by atoms with Gasteiger partial charge in [-0.3, -0.25) is 0 Å². The monoisotopic (exact) mass is 632 g/mol. The molecule has 5 aromatic rings. The van der Waals surface area contributed by atoms with Crippen LogP contribution in [-0.2, 0) is 10.3 Å². The van der Waals surface area contributed by atoms with Gasteiger partial charge in [0.2, 0.25) is 0 Å². The van der Waals surface area contributed by atoms with Crippen LogP contribution in [0.2, 0.25) is 0 Å². The summed E-state index contributed by atoms with van der Waals surface area (Å²) in [5.74, 6) is -5.92. The fraction of sp³-hybridized carbons (Fsp3) is 0.241. The Kier molecular flexibility index (Phi) is 7.39. The molecule has 1 aliphatic rings. The van der Waals surface area contributed by atoms with Crippen molar-refractivity contribution < 1.29 is 35.8 Å². The summed E-state index contributed by atoms with van der Waals surface area (Å²) in [7, 11) is 0. The first-order chi connectivity index (χ1) is 21.4. The zero-order chi connectivity index (χ0) is 32.1. The molecule has 10 nitrogen and oxygen atoms in total. The van der Waals surface area contributed by atoms with Crippen LogP contribution in [0.5, 0.6) is 5.75 Å². The average molecular weight is 633 g/mol. The van der Waals surface area contributed by atoms with Crippen molar-refractivity contribution in [2.24, 2.45) is 0 Å². The van der Waals surface area contributed by atoms with E-state index in [1.54, 1.807) is 31.2 Å². The molecule has 1 saturated heterocycles. The summed E-state index contributed by atoms with van der Waals surface area (Å²) in [6.45, 7) is 0.256. The molecule has 45 heavy (non-hydrogen) atoms. The van der Waals surface area contributed by atoms with E-state index in [-0.39, 0.29) is 17.9 Å². The highest BCUT2D eigenvalue weighted by Gasteiger charge is 2.54. The van der Waals surface area contributed by atoms with Crippen LogP contribution in [0.3, 0.4) is 0 Å². The predicted octanol–water partition coefficient (Wildman–Crippen LogP) is 4.41. The molecule has 2 aromatic heterocycles. The molecule has 2 atom stereocenters. The number of hydrogen-bond donors (Lipinski definition) is 0. The fourth-order valence-electron chi connectivity index (χ4n) is 4.85. The first-order valence-corrected chi connectivity index (χ1v) is 13.3. The third-order valence-electron chi connectivity index (χ3n) is 7.49. The standard InChI is InChI=1S/C29H22F6N6O4/c1-17(28(13-45-28)23-11-2-18(30)12-24(23)31)40-26(42)38(15-36-40)19-3-5-21(6-4-19)41-27(43)39(16-37-41)20-7-9-22(10-8-20)44-14-29(34,35)25(32)33/h2-12,15-17,25H,13-14H2,1H3/t17-,28+/m1/s1. The molecule has 0 aliphatic carbocycles. The van der Waals surface area contributed by atoms with Gasteiger partial charge in [0.05, 0.1) is 29.7 Å². The van der Waals surface area contributed by atoms with Crippen molar-refractivity contribution in [3.63, 3.8) is 0 Å². The van der Waals surface area contributed by atoms with Crippen LogP contribution in [0, 0.1) is 11.6 Å². The zero-order valence-corrected chi connectivity index (χ0v) is 23.2. The van der Waals surface area contributed by atoms with Crippen LogP contribution in [-0.4, -0.2) is 54.3 Å². The van der Waals surface area contributed by atoms with Crippen LogP contribution in [0.1, 0.15) is 18.5 Å². The van der Waals surface area contributed by atoms with Crippen molar-refractivity contribution in [2.45, 2.75) is 30.9 Å².